The predicted octanol–water partition coefficient (Wildman–Crippen LogP) is 4.90. The SMILES string of the molecule is C=C(C)c1ccnc(NC(=O)c2cc(N3CCCS3(O)O)ccc2Cl)c1. The van der Waals surface area contributed by atoms with Crippen LogP contribution in [-0.4, -0.2) is 32.3 Å². The molecule has 1 aromatic carbocycles. The lowest BCUT2D eigenvalue weighted by atomic mass is 10.1. The van der Waals surface area contributed by atoms with E-state index >= 15 is 0 Å². The number of carbonyl (C=O) groups is 1. The van der Waals surface area contributed by atoms with Crippen LogP contribution >= 0.6 is 22.4 Å². The van der Waals surface area contributed by atoms with E-state index in [0.29, 0.717) is 30.2 Å². The minimum Gasteiger partial charge on any atom is -0.307 e. The summed E-state index contributed by atoms with van der Waals surface area (Å²) in [5, 5.41) is 3.00. The number of benzene rings is 1. The number of hydrogen-bond donors (Lipinski definition) is 3. The second-order valence-electron chi connectivity index (χ2n) is 6.12. The van der Waals surface area contributed by atoms with Crippen LogP contribution in [0.3, 0.4) is 0 Å². The van der Waals surface area contributed by atoms with Crippen molar-refractivity contribution in [1.82, 2.24) is 4.98 Å². The molecule has 0 bridgehead atoms. The van der Waals surface area contributed by atoms with Crippen LogP contribution in [0.15, 0.2) is 43.1 Å². The standard InChI is InChI=1S/C18H20ClN3O3S/c1-12(2)13-6-7-20-17(10-13)21-18(23)15-11-14(4-5-16(15)19)22-8-3-9-26(22,24)25/h4-7,10-11,24-25H,1,3,8-9H2,2H3,(H,20,21,23). The van der Waals surface area contributed by atoms with Crippen LogP contribution in [0, 0.1) is 0 Å². The number of halogens is 1. The molecule has 0 radical (unpaired) electrons. The Kier molecular flexibility index (Phi) is 5.24. The molecule has 1 aliphatic heterocycles. The molecule has 0 aliphatic carbocycles. The highest BCUT2D eigenvalue weighted by molar-refractivity contribution is 8.25. The topological polar surface area (TPSA) is 85.7 Å². The molecular weight excluding hydrogens is 374 g/mol. The minimum absolute atomic E-state index is 0.244. The zero-order chi connectivity index (χ0) is 18.9. The first kappa shape index (κ1) is 18.7. The minimum atomic E-state index is -2.83. The Morgan fingerprint density at radius 3 is 2.77 bits per heavy atom. The molecule has 0 unspecified atom stereocenters. The summed E-state index contributed by atoms with van der Waals surface area (Å²) in [5.41, 5.74) is 2.54. The summed E-state index contributed by atoms with van der Waals surface area (Å²) in [6.45, 7) is 6.27. The van der Waals surface area contributed by atoms with Gasteiger partial charge in [-0.2, -0.15) is 0 Å². The normalized spacial score (nSPS) is 17.0. The van der Waals surface area contributed by atoms with Gasteiger partial charge in [-0.3, -0.25) is 18.2 Å². The Labute approximate surface area is 159 Å². The summed E-state index contributed by atoms with van der Waals surface area (Å²) in [5.74, 6) is 0.302. The van der Waals surface area contributed by atoms with Crippen LogP contribution in [0.2, 0.25) is 5.02 Å². The zero-order valence-corrected chi connectivity index (χ0v) is 15.8. The van der Waals surface area contributed by atoms with E-state index in [0.717, 1.165) is 11.1 Å². The number of aromatic nitrogens is 1. The first-order chi connectivity index (χ1) is 12.3. The Bertz CT molecular complexity index is 873. The third-order valence-corrected chi connectivity index (χ3v) is 6.37. The van der Waals surface area contributed by atoms with Gasteiger partial charge in [0.25, 0.3) is 5.91 Å². The predicted molar refractivity (Wildman–Crippen MR) is 108 cm³/mol. The number of pyridine rings is 1. The van der Waals surface area contributed by atoms with Gasteiger partial charge >= 0.3 is 0 Å². The van der Waals surface area contributed by atoms with E-state index in [-0.39, 0.29) is 10.6 Å². The Hall–Kier alpha value is -2.06. The summed E-state index contributed by atoms with van der Waals surface area (Å²) in [7, 11) is -2.83. The molecule has 1 amide bonds. The molecule has 8 heteroatoms. The molecule has 2 aromatic rings. The van der Waals surface area contributed by atoms with Crippen molar-refractivity contribution in [2.24, 2.45) is 0 Å². The average Bonchev–Trinajstić information content (AvgIpc) is 2.94. The maximum atomic E-state index is 12.6. The van der Waals surface area contributed by atoms with Crippen molar-refractivity contribution in [2.75, 3.05) is 21.9 Å². The number of anilines is 2. The molecule has 26 heavy (non-hydrogen) atoms. The number of hydrogen-bond acceptors (Lipinski definition) is 5. The van der Waals surface area contributed by atoms with Gasteiger partial charge in [0.05, 0.1) is 22.0 Å². The molecule has 1 aliphatic rings. The molecule has 138 valence electrons. The Morgan fingerprint density at radius 2 is 2.12 bits per heavy atom. The number of allylic oxidation sites excluding steroid dienone is 1. The fraction of sp³-hybridized carbons (Fsp3) is 0.222. The lowest BCUT2D eigenvalue weighted by Crippen LogP contribution is -2.22. The lowest BCUT2D eigenvalue weighted by molar-refractivity contribution is 0.102. The van der Waals surface area contributed by atoms with Crippen molar-refractivity contribution in [2.45, 2.75) is 13.3 Å². The highest BCUT2D eigenvalue weighted by atomic mass is 35.5. The molecule has 1 aromatic heterocycles. The fourth-order valence-corrected chi connectivity index (χ4v) is 4.56. The van der Waals surface area contributed by atoms with Crippen molar-refractivity contribution < 1.29 is 13.9 Å². The molecule has 3 rings (SSSR count). The molecule has 6 nitrogen and oxygen atoms in total. The number of amides is 1. The van der Waals surface area contributed by atoms with Gasteiger partial charge in [0, 0.05) is 12.7 Å². The summed E-state index contributed by atoms with van der Waals surface area (Å²) in [6.07, 6.45) is 2.28. The van der Waals surface area contributed by atoms with Gasteiger partial charge in [-0.1, -0.05) is 23.8 Å². The summed E-state index contributed by atoms with van der Waals surface area (Å²) < 4.78 is 21.8. The molecule has 3 N–H and O–H groups in total. The molecule has 0 saturated carbocycles. The molecule has 0 spiro atoms. The highest BCUT2D eigenvalue weighted by Crippen LogP contribution is 2.51. The molecule has 2 heterocycles. The number of nitrogens with one attached hydrogen (secondary N) is 1. The quantitative estimate of drug-likeness (QED) is 0.688. The van der Waals surface area contributed by atoms with Gasteiger partial charge in [-0.05, 0) is 49.2 Å². The Morgan fingerprint density at radius 1 is 1.35 bits per heavy atom. The first-order valence-electron chi connectivity index (χ1n) is 8.04. The van der Waals surface area contributed by atoms with Crippen LogP contribution in [0.4, 0.5) is 11.5 Å². The van der Waals surface area contributed by atoms with Crippen molar-refractivity contribution >= 4 is 45.4 Å². The van der Waals surface area contributed by atoms with Crippen molar-refractivity contribution in [1.29, 1.82) is 0 Å². The van der Waals surface area contributed by atoms with Crippen LogP contribution in [0.25, 0.3) is 5.57 Å². The average molecular weight is 394 g/mol. The van der Waals surface area contributed by atoms with E-state index in [4.69, 9.17) is 11.6 Å². The molecule has 0 atom stereocenters. The summed E-state index contributed by atoms with van der Waals surface area (Å²) >= 11 is 6.18. The zero-order valence-electron chi connectivity index (χ0n) is 14.3. The van der Waals surface area contributed by atoms with E-state index in [1.54, 1.807) is 30.5 Å². The lowest BCUT2D eigenvalue weighted by Gasteiger charge is -2.38. The van der Waals surface area contributed by atoms with Crippen LogP contribution in [0.1, 0.15) is 29.3 Å². The van der Waals surface area contributed by atoms with Gasteiger partial charge in [-0.25, -0.2) is 4.98 Å². The van der Waals surface area contributed by atoms with Crippen molar-refractivity contribution in [3.63, 3.8) is 0 Å². The van der Waals surface area contributed by atoms with E-state index in [2.05, 4.69) is 16.9 Å². The molecule has 1 fully saturated rings. The van der Waals surface area contributed by atoms with Crippen molar-refractivity contribution in [3.8, 4) is 0 Å². The monoisotopic (exact) mass is 393 g/mol. The van der Waals surface area contributed by atoms with E-state index in [1.807, 2.05) is 13.0 Å². The number of nitrogens with zero attached hydrogens (tertiary/aromatic N) is 2. The fourth-order valence-electron chi connectivity index (χ4n) is 2.75. The van der Waals surface area contributed by atoms with Crippen LogP contribution < -0.4 is 9.62 Å². The maximum absolute atomic E-state index is 12.6. The van der Waals surface area contributed by atoms with Crippen LogP contribution in [-0.2, 0) is 0 Å². The van der Waals surface area contributed by atoms with E-state index in [1.165, 1.54) is 4.31 Å². The van der Waals surface area contributed by atoms with Gasteiger partial charge in [0.15, 0.2) is 0 Å². The first-order valence-corrected chi connectivity index (χ1v) is 10.1. The smallest absolute Gasteiger partial charge is 0.258 e. The highest BCUT2D eigenvalue weighted by Gasteiger charge is 2.29. The van der Waals surface area contributed by atoms with E-state index in [9.17, 15) is 13.9 Å². The second-order valence-corrected chi connectivity index (χ2v) is 8.64. The molecule has 1 saturated heterocycles. The number of carbonyl (C=O) groups excluding carboxylic acids is 1. The van der Waals surface area contributed by atoms with Crippen LogP contribution in [0.5, 0.6) is 0 Å². The summed E-state index contributed by atoms with van der Waals surface area (Å²) in [4.78, 5) is 16.8. The van der Waals surface area contributed by atoms with Crippen molar-refractivity contribution in [3.05, 3.63) is 59.3 Å². The van der Waals surface area contributed by atoms with Gasteiger partial charge in [-0.15, -0.1) is 10.8 Å². The largest absolute Gasteiger partial charge is 0.307 e. The maximum Gasteiger partial charge on any atom is 0.258 e. The number of rotatable bonds is 4. The third-order valence-electron chi connectivity index (χ3n) is 4.11. The van der Waals surface area contributed by atoms with Gasteiger partial charge in [0.2, 0.25) is 0 Å². The van der Waals surface area contributed by atoms with Gasteiger partial charge < -0.3 is 5.32 Å². The molecular formula is C18H20ClN3O3S. The Balaban J connectivity index is 1.86. The van der Waals surface area contributed by atoms with E-state index < -0.39 is 16.7 Å². The van der Waals surface area contributed by atoms with Gasteiger partial charge in [0.1, 0.15) is 5.82 Å². The second kappa shape index (κ2) is 7.28. The third kappa shape index (κ3) is 3.86. The summed E-state index contributed by atoms with van der Waals surface area (Å²) in [6, 6.07) is 8.37.